The Bertz CT molecular complexity index is 609. The van der Waals surface area contributed by atoms with Crippen LogP contribution in [0.2, 0.25) is 0 Å². The largest absolute Gasteiger partial charge is 0.396 e. The molecule has 0 fully saturated rings. The van der Waals surface area contributed by atoms with E-state index in [1.54, 1.807) is 6.92 Å². The molecule has 0 radical (unpaired) electrons. The topological polar surface area (TPSA) is 83.8 Å². The van der Waals surface area contributed by atoms with Crippen molar-refractivity contribution in [1.82, 2.24) is 10.2 Å². The van der Waals surface area contributed by atoms with Crippen LogP contribution in [-0.2, 0) is 0 Å². The van der Waals surface area contributed by atoms with E-state index in [9.17, 15) is 13.6 Å². The highest BCUT2D eigenvalue weighted by Gasteiger charge is 2.20. The fourth-order valence-corrected chi connectivity index (χ4v) is 1.44. The summed E-state index contributed by atoms with van der Waals surface area (Å²) >= 11 is 0. The van der Waals surface area contributed by atoms with Crippen molar-refractivity contribution in [3.63, 3.8) is 0 Å². The fourth-order valence-electron chi connectivity index (χ4n) is 1.44. The Morgan fingerprint density at radius 1 is 1.44 bits per heavy atom. The number of hydrogen-bond acceptors (Lipinski definition) is 3. The van der Waals surface area contributed by atoms with Gasteiger partial charge in [-0.3, -0.25) is 9.89 Å². The number of nitrogens with one attached hydrogen (secondary N) is 2. The van der Waals surface area contributed by atoms with Gasteiger partial charge < -0.3 is 11.1 Å². The van der Waals surface area contributed by atoms with Gasteiger partial charge in [-0.1, -0.05) is 0 Å². The molecule has 1 aromatic heterocycles. The highest BCUT2D eigenvalue weighted by Crippen LogP contribution is 2.19. The van der Waals surface area contributed by atoms with Crippen molar-refractivity contribution in [2.75, 3.05) is 11.1 Å². The first-order chi connectivity index (χ1) is 8.49. The zero-order valence-electron chi connectivity index (χ0n) is 9.42. The van der Waals surface area contributed by atoms with Crippen LogP contribution in [0.15, 0.2) is 18.2 Å². The van der Waals surface area contributed by atoms with Crippen molar-refractivity contribution in [1.29, 1.82) is 0 Å². The first-order valence-corrected chi connectivity index (χ1v) is 5.06. The number of anilines is 2. The van der Waals surface area contributed by atoms with Crippen LogP contribution in [-0.4, -0.2) is 16.1 Å². The van der Waals surface area contributed by atoms with Gasteiger partial charge in [-0.25, -0.2) is 8.78 Å². The van der Waals surface area contributed by atoms with Crippen molar-refractivity contribution < 1.29 is 13.6 Å². The molecule has 1 aromatic carbocycles. The number of nitrogens with zero attached hydrogens (tertiary/aromatic N) is 1. The van der Waals surface area contributed by atoms with Crippen molar-refractivity contribution in [2.24, 2.45) is 0 Å². The second kappa shape index (κ2) is 4.44. The number of carbonyl (C=O) groups excluding carboxylic acids is 1. The first kappa shape index (κ1) is 12.0. The van der Waals surface area contributed by atoms with E-state index in [2.05, 4.69) is 15.5 Å². The summed E-state index contributed by atoms with van der Waals surface area (Å²) in [4.78, 5) is 11.7. The lowest BCUT2D eigenvalue weighted by atomic mass is 10.1. The standard InChI is InChI=1S/C11H10F2N4O/c1-5-4-8(17-16-5)15-11(18)9-6(12)2-3-7(14)10(9)13/h2-4H,14H2,1H3,(H2,15,16,17,18). The first-order valence-electron chi connectivity index (χ1n) is 5.06. The molecule has 1 amide bonds. The molecule has 2 rings (SSSR count). The zero-order chi connectivity index (χ0) is 13.3. The van der Waals surface area contributed by atoms with E-state index in [4.69, 9.17) is 5.73 Å². The molecular formula is C11H10F2N4O. The van der Waals surface area contributed by atoms with E-state index < -0.39 is 23.1 Å². The number of nitrogens with two attached hydrogens (primary N) is 1. The molecule has 2 aromatic rings. The molecule has 0 aliphatic heterocycles. The van der Waals surface area contributed by atoms with Gasteiger partial charge in [-0.05, 0) is 19.1 Å². The zero-order valence-corrected chi connectivity index (χ0v) is 9.42. The smallest absolute Gasteiger partial charge is 0.262 e. The number of hydrogen-bond donors (Lipinski definition) is 3. The number of aromatic amines is 1. The molecular weight excluding hydrogens is 242 g/mol. The average molecular weight is 252 g/mol. The molecule has 0 bridgehead atoms. The highest BCUT2D eigenvalue weighted by molar-refractivity contribution is 6.04. The lowest BCUT2D eigenvalue weighted by Crippen LogP contribution is -2.17. The number of benzene rings is 1. The predicted molar refractivity (Wildman–Crippen MR) is 62.0 cm³/mol. The third-order valence-electron chi connectivity index (χ3n) is 2.30. The minimum atomic E-state index is -1.08. The van der Waals surface area contributed by atoms with Gasteiger partial charge in [0, 0.05) is 11.8 Å². The SMILES string of the molecule is Cc1cc(NC(=O)c2c(F)ccc(N)c2F)n[nH]1. The Morgan fingerprint density at radius 2 is 2.17 bits per heavy atom. The number of aryl methyl sites for hydroxylation is 1. The minimum Gasteiger partial charge on any atom is -0.396 e. The third kappa shape index (κ3) is 2.15. The summed E-state index contributed by atoms with van der Waals surface area (Å²) in [6.45, 7) is 1.73. The predicted octanol–water partition coefficient (Wildman–Crippen LogP) is 1.83. The molecule has 0 spiro atoms. The maximum Gasteiger partial charge on any atom is 0.262 e. The maximum atomic E-state index is 13.6. The summed E-state index contributed by atoms with van der Waals surface area (Å²) in [7, 11) is 0. The van der Waals surface area contributed by atoms with Crippen LogP contribution in [0.3, 0.4) is 0 Å². The fraction of sp³-hybridized carbons (Fsp3) is 0.0909. The van der Waals surface area contributed by atoms with Crippen LogP contribution in [0.4, 0.5) is 20.3 Å². The number of aromatic nitrogens is 2. The molecule has 0 aliphatic rings. The average Bonchev–Trinajstić information content (AvgIpc) is 2.70. The summed E-state index contributed by atoms with van der Waals surface area (Å²) in [6, 6.07) is 3.52. The summed E-state index contributed by atoms with van der Waals surface area (Å²) in [5.74, 6) is -2.83. The second-order valence-electron chi connectivity index (χ2n) is 3.72. The monoisotopic (exact) mass is 252 g/mol. The molecule has 94 valence electrons. The van der Waals surface area contributed by atoms with Crippen LogP contribution in [0.25, 0.3) is 0 Å². The van der Waals surface area contributed by atoms with Crippen molar-refractivity contribution >= 4 is 17.4 Å². The van der Waals surface area contributed by atoms with Gasteiger partial charge in [0.1, 0.15) is 11.4 Å². The summed E-state index contributed by atoms with van der Waals surface area (Å²) < 4.78 is 27.0. The number of rotatable bonds is 2. The van der Waals surface area contributed by atoms with Crippen molar-refractivity contribution in [3.05, 3.63) is 41.1 Å². The third-order valence-corrected chi connectivity index (χ3v) is 2.30. The van der Waals surface area contributed by atoms with E-state index in [1.165, 1.54) is 6.07 Å². The molecule has 7 heteroatoms. The number of halogens is 2. The van der Waals surface area contributed by atoms with Crippen LogP contribution < -0.4 is 11.1 Å². The molecule has 0 atom stereocenters. The highest BCUT2D eigenvalue weighted by atomic mass is 19.1. The van der Waals surface area contributed by atoms with Gasteiger partial charge in [0.05, 0.1) is 5.69 Å². The Hall–Kier alpha value is -2.44. The number of amides is 1. The van der Waals surface area contributed by atoms with Crippen LogP contribution in [0, 0.1) is 18.6 Å². The van der Waals surface area contributed by atoms with E-state index >= 15 is 0 Å². The van der Waals surface area contributed by atoms with Gasteiger partial charge in [-0.15, -0.1) is 0 Å². The van der Waals surface area contributed by atoms with E-state index in [-0.39, 0.29) is 11.5 Å². The molecule has 1 heterocycles. The Morgan fingerprint density at radius 3 is 2.78 bits per heavy atom. The van der Waals surface area contributed by atoms with E-state index in [0.717, 1.165) is 12.1 Å². The summed E-state index contributed by atoms with van der Waals surface area (Å²) in [6.07, 6.45) is 0. The summed E-state index contributed by atoms with van der Waals surface area (Å²) in [5.41, 5.74) is 4.97. The molecule has 5 nitrogen and oxygen atoms in total. The molecule has 0 saturated heterocycles. The maximum absolute atomic E-state index is 13.6. The Labute approximate surface area is 101 Å². The van der Waals surface area contributed by atoms with Gasteiger partial charge in [0.15, 0.2) is 11.6 Å². The minimum absolute atomic E-state index is 0.179. The van der Waals surface area contributed by atoms with Gasteiger partial charge >= 0.3 is 0 Å². The lowest BCUT2D eigenvalue weighted by molar-refractivity contribution is 0.101. The molecule has 0 unspecified atom stereocenters. The molecule has 0 aliphatic carbocycles. The van der Waals surface area contributed by atoms with Gasteiger partial charge in [0.25, 0.3) is 5.91 Å². The number of carbonyl (C=O) groups is 1. The second-order valence-corrected chi connectivity index (χ2v) is 3.72. The lowest BCUT2D eigenvalue weighted by Gasteiger charge is -2.06. The summed E-state index contributed by atoms with van der Waals surface area (Å²) in [5, 5.41) is 8.59. The number of nitrogen functional groups attached to an aromatic ring is 1. The Kier molecular flexibility index (Phi) is 2.97. The van der Waals surface area contributed by atoms with Crippen molar-refractivity contribution in [3.8, 4) is 0 Å². The molecule has 18 heavy (non-hydrogen) atoms. The van der Waals surface area contributed by atoms with Gasteiger partial charge in [-0.2, -0.15) is 5.10 Å². The Balaban J connectivity index is 2.32. The van der Waals surface area contributed by atoms with Crippen molar-refractivity contribution in [2.45, 2.75) is 6.92 Å². The van der Waals surface area contributed by atoms with Crippen LogP contribution in [0.1, 0.15) is 16.1 Å². The quantitative estimate of drug-likeness (QED) is 0.713. The van der Waals surface area contributed by atoms with Crippen LogP contribution in [0.5, 0.6) is 0 Å². The molecule has 4 N–H and O–H groups in total. The van der Waals surface area contributed by atoms with E-state index in [0.29, 0.717) is 5.69 Å². The molecule has 0 saturated carbocycles. The normalized spacial score (nSPS) is 10.4. The number of H-pyrrole nitrogens is 1. The van der Waals surface area contributed by atoms with Crippen LogP contribution >= 0.6 is 0 Å². The van der Waals surface area contributed by atoms with Gasteiger partial charge in [0.2, 0.25) is 0 Å². The van der Waals surface area contributed by atoms with E-state index in [1.807, 2.05) is 0 Å².